The Bertz CT molecular complexity index is 780. The van der Waals surface area contributed by atoms with Gasteiger partial charge in [-0.05, 0) is 5.56 Å². The molecule has 0 bridgehead atoms. The Balaban J connectivity index is 0.00000261. The minimum absolute atomic E-state index is 0. The molecule has 3 rings (SSSR count). The summed E-state index contributed by atoms with van der Waals surface area (Å²) < 4.78 is 10.3. The van der Waals surface area contributed by atoms with Gasteiger partial charge in [0.1, 0.15) is 19.3 Å². The summed E-state index contributed by atoms with van der Waals surface area (Å²) in [5.74, 6) is -1.92. The van der Waals surface area contributed by atoms with E-state index < -0.39 is 23.9 Å². The number of esters is 2. The third kappa shape index (κ3) is 4.19. The first-order valence-corrected chi connectivity index (χ1v) is 8.09. The zero-order chi connectivity index (χ0) is 18.7. The molecule has 2 N–H and O–H groups in total. The smallest absolute Gasteiger partial charge is 0.357 e. The number of rotatable bonds is 6. The van der Waals surface area contributed by atoms with Crippen molar-refractivity contribution in [1.29, 1.82) is 0 Å². The van der Waals surface area contributed by atoms with E-state index in [0.29, 0.717) is 0 Å². The van der Waals surface area contributed by atoms with E-state index in [0.717, 1.165) is 10.6 Å². The van der Waals surface area contributed by atoms with Crippen molar-refractivity contribution in [1.82, 2.24) is 10.0 Å². The Morgan fingerprint density at radius 3 is 2.59 bits per heavy atom. The van der Waals surface area contributed by atoms with Gasteiger partial charge < -0.3 is 15.2 Å². The lowest BCUT2D eigenvalue weighted by Gasteiger charge is -2.20. The predicted octanol–water partition coefficient (Wildman–Crippen LogP) is 0.535. The molecule has 1 atom stereocenters. The number of carbonyl (C=O) groups excluding carboxylic acids is 3. The second-order valence-corrected chi connectivity index (χ2v) is 5.88. The number of benzene rings is 1. The van der Waals surface area contributed by atoms with Gasteiger partial charge in [-0.1, -0.05) is 43.0 Å². The lowest BCUT2D eigenvalue weighted by atomic mass is 10.2. The fourth-order valence-corrected chi connectivity index (χ4v) is 2.84. The number of nitrogens with zero attached hydrogens (tertiary/aromatic N) is 2. The Hall–Kier alpha value is -2.68. The van der Waals surface area contributed by atoms with Gasteiger partial charge in [-0.2, -0.15) is 0 Å². The molecule has 0 saturated carbocycles. The van der Waals surface area contributed by atoms with Crippen LogP contribution in [-0.4, -0.2) is 53.6 Å². The number of hydrazine groups is 1. The molecule has 1 amide bonds. The van der Waals surface area contributed by atoms with Crippen LogP contribution >= 0.6 is 12.4 Å². The Kier molecular flexibility index (Phi) is 6.73. The fraction of sp³-hybridized carbons (Fsp3) is 0.278. The van der Waals surface area contributed by atoms with E-state index in [1.807, 2.05) is 30.3 Å². The standard InChI is InChI=1S/C18H19N3O5.ClH/c1-2-8-25-18(24)15-13(9-20-10-14(19)16(22)21(15)20)17(23)26-11-12-6-4-3-5-7-12;/h2-7,14H,1,8-11,19H2;1H/t14-;/m1./s1. The first-order chi connectivity index (χ1) is 12.5. The van der Waals surface area contributed by atoms with Crippen LogP contribution in [-0.2, 0) is 30.5 Å². The van der Waals surface area contributed by atoms with Crippen molar-refractivity contribution in [3.63, 3.8) is 0 Å². The van der Waals surface area contributed by atoms with Crippen LogP contribution < -0.4 is 5.73 Å². The number of carbonyl (C=O) groups is 3. The Morgan fingerprint density at radius 1 is 1.22 bits per heavy atom. The zero-order valence-electron chi connectivity index (χ0n) is 14.5. The van der Waals surface area contributed by atoms with Gasteiger partial charge in [0.15, 0.2) is 5.70 Å². The second kappa shape index (κ2) is 8.81. The molecule has 0 spiro atoms. The van der Waals surface area contributed by atoms with Crippen molar-refractivity contribution < 1.29 is 23.9 Å². The second-order valence-electron chi connectivity index (χ2n) is 5.88. The van der Waals surface area contributed by atoms with Gasteiger partial charge in [0, 0.05) is 6.54 Å². The van der Waals surface area contributed by atoms with E-state index in [1.165, 1.54) is 11.1 Å². The highest BCUT2D eigenvalue weighted by Gasteiger charge is 2.48. The largest absolute Gasteiger partial charge is 0.457 e. The number of hydrogen-bond donors (Lipinski definition) is 1. The number of amides is 1. The SMILES string of the molecule is C=CCOC(=O)C1=C(C(=O)OCc2ccccc2)CN2C[C@@H](N)C(=O)N12.Cl. The Labute approximate surface area is 162 Å². The third-order valence-corrected chi connectivity index (χ3v) is 4.04. The summed E-state index contributed by atoms with van der Waals surface area (Å²) in [6.45, 7) is 3.77. The lowest BCUT2D eigenvalue weighted by molar-refractivity contribution is -0.146. The maximum absolute atomic E-state index is 12.5. The first-order valence-electron chi connectivity index (χ1n) is 8.09. The summed E-state index contributed by atoms with van der Waals surface area (Å²) in [6, 6.07) is 8.41. The maximum atomic E-state index is 12.5. The fourth-order valence-electron chi connectivity index (χ4n) is 2.84. The first kappa shape index (κ1) is 20.6. The van der Waals surface area contributed by atoms with Crippen molar-refractivity contribution >= 4 is 30.3 Å². The summed E-state index contributed by atoms with van der Waals surface area (Å²) in [7, 11) is 0. The van der Waals surface area contributed by atoms with Crippen molar-refractivity contribution in [3.8, 4) is 0 Å². The van der Waals surface area contributed by atoms with Gasteiger partial charge in [0.2, 0.25) is 0 Å². The van der Waals surface area contributed by atoms with Crippen LogP contribution in [0.15, 0.2) is 54.3 Å². The van der Waals surface area contributed by atoms with Crippen LogP contribution in [0.2, 0.25) is 0 Å². The number of hydrogen-bond acceptors (Lipinski definition) is 7. The highest BCUT2D eigenvalue weighted by atomic mass is 35.5. The van der Waals surface area contributed by atoms with Gasteiger partial charge >= 0.3 is 11.9 Å². The van der Waals surface area contributed by atoms with Crippen molar-refractivity contribution in [3.05, 3.63) is 59.8 Å². The average Bonchev–Trinajstić information content (AvgIpc) is 3.15. The van der Waals surface area contributed by atoms with Gasteiger partial charge in [0.25, 0.3) is 5.91 Å². The topological polar surface area (TPSA) is 102 Å². The van der Waals surface area contributed by atoms with E-state index in [9.17, 15) is 14.4 Å². The van der Waals surface area contributed by atoms with Gasteiger partial charge in [-0.3, -0.25) is 4.79 Å². The molecular formula is C18H20ClN3O5. The number of ether oxygens (including phenoxy) is 2. The highest BCUT2D eigenvalue weighted by molar-refractivity contribution is 6.05. The van der Waals surface area contributed by atoms with E-state index >= 15 is 0 Å². The van der Waals surface area contributed by atoms with Crippen LogP contribution in [0.4, 0.5) is 0 Å². The van der Waals surface area contributed by atoms with Crippen molar-refractivity contribution in [2.24, 2.45) is 5.73 Å². The Morgan fingerprint density at radius 2 is 1.93 bits per heavy atom. The van der Waals surface area contributed by atoms with Crippen LogP contribution in [0.1, 0.15) is 5.56 Å². The summed E-state index contributed by atoms with van der Waals surface area (Å²) in [5.41, 5.74) is 6.50. The van der Waals surface area contributed by atoms with Gasteiger partial charge in [-0.15, -0.1) is 12.4 Å². The highest BCUT2D eigenvalue weighted by Crippen LogP contribution is 2.30. The quantitative estimate of drug-likeness (QED) is 0.555. The maximum Gasteiger partial charge on any atom is 0.357 e. The van der Waals surface area contributed by atoms with E-state index in [4.69, 9.17) is 15.2 Å². The summed E-state index contributed by atoms with van der Waals surface area (Å²) in [4.78, 5) is 37.2. The average molecular weight is 394 g/mol. The summed E-state index contributed by atoms with van der Waals surface area (Å²) >= 11 is 0. The van der Waals surface area contributed by atoms with Crippen molar-refractivity contribution in [2.75, 3.05) is 19.7 Å². The van der Waals surface area contributed by atoms with Crippen molar-refractivity contribution in [2.45, 2.75) is 12.6 Å². The minimum atomic E-state index is -0.790. The molecule has 0 unspecified atom stereocenters. The third-order valence-electron chi connectivity index (χ3n) is 4.04. The molecule has 0 aromatic heterocycles. The molecule has 144 valence electrons. The molecule has 2 aliphatic rings. The van der Waals surface area contributed by atoms with Crippen LogP contribution in [0.25, 0.3) is 0 Å². The molecule has 2 aliphatic heterocycles. The molecular weight excluding hydrogens is 374 g/mol. The molecule has 1 aromatic rings. The lowest BCUT2D eigenvalue weighted by Crippen LogP contribution is -2.38. The summed E-state index contributed by atoms with van der Waals surface area (Å²) in [5, 5.41) is 2.66. The summed E-state index contributed by atoms with van der Waals surface area (Å²) in [6.07, 6.45) is 1.40. The van der Waals surface area contributed by atoms with Gasteiger partial charge in [0.05, 0.1) is 12.1 Å². The van der Waals surface area contributed by atoms with Crippen LogP contribution in [0.5, 0.6) is 0 Å². The number of halogens is 1. The van der Waals surface area contributed by atoms with E-state index in [-0.39, 0.29) is 50.0 Å². The number of nitrogens with two attached hydrogens (primary N) is 1. The normalized spacial score (nSPS) is 18.8. The monoisotopic (exact) mass is 393 g/mol. The minimum Gasteiger partial charge on any atom is -0.457 e. The molecule has 0 radical (unpaired) electrons. The molecule has 0 aliphatic carbocycles. The number of fused-ring (bicyclic) bond motifs is 1. The zero-order valence-corrected chi connectivity index (χ0v) is 15.3. The predicted molar refractivity (Wildman–Crippen MR) is 98.1 cm³/mol. The molecule has 1 saturated heterocycles. The van der Waals surface area contributed by atoms with Gasteiger partial charge in [-0.25, -0.2) is 19.6 Å². The molecule has 8 nitrogen and oxygen atoms in total. The van der Waals surface area contributed by atoms with E-state index in [2.05, 4.69) is 6.58 Å². The van der Waals surface area contributed by atoms with E-state index in [1.54, 1.807) is 0 Å². The molecule has 1 aromatic carbocycles. The molecule has 2 heterocycles. The molecule has 1 fully saturated rings. The van der Waals surface area contributed by atoms with Crippen LogP contribution in [0.3, 0.4) is 0 Å². The van der Waals surface area contributed by atoms with Crippen LogP contribution in [0, 0.1) is 0 Å². The molecule has 27 heavy (non-hydrogen) atoms. The molecule has 9 heteroatoms.